The third kappa shape index (κ3) is 2.70. The molecular weight excluding hydrogens is 292 g/mol. The number of para-hydroxylation sites is 1. The van der Waals surface area contributed by atoms with Crippen LogP contribution < -0.4 is 15.0 Å². The fourth-order valence-corrected chi connectivity index (χ4v) is 4.66. The lowest BCUT2D eigenvalue weighted by molar-refractivity contribution is -0.115. The highest BCUT2D eigenvalue weighted by Gasteiger charge is 2.36. The number of ether oxygens (including phenoxy) is 1. The average molecular weight is 310 g/mol. The highest BCUT2D eigenvalue weighted by molar-refractivity contribution is 7.91. The van der Waals surface area contributed by atoms with Crippen molar-refractivity contribution < 1.29 is 17.9 Å². The minimum atomic E-state index is -2.99. The van der Waals surface area contributed by atoms with E-state index in [-0.39, 0.29) is 30.0 Å². The molecule has 2 aliphatic heterocycles. The highest BCUT2D eigenvalue weighted by Crippen LogP contribution is 2.39. The van der Waals surface area contributed by atoms with Crippen molar-refractivity contribution in [2.75, 3.05) is 34.9 Å². The number of nitrogens with one attached hydrogen (secondary N) is 1. The van der Waals surface area contributed by atoms with Crippen LogP contribution in [0.2, 0.25) is 0 Å². The number of fused-ring (bicyclic) bond motifs is 1. The summed E-state index contributed by atoms with van der Waals surface area (Å²) in [4.78, 5) is 13.8. The van der Waals surface area contributed by atoms with Crippen LogP contribution in [0.3, 0.4) is 0 Å². The van der Waals surface area contributed by atoms with Gasteiger partial charge in [-0.05, 0) is 25.5 Å². The minimum Gasteiger partial charge on any atom is -0.492 e. The largest absolute Gasteiger partial charge is 0.492 e. The SMILES string of the molecule is CCOc1cccc2c1NC(=O)CN2C1CCS(=O)(=O)C1. The maximum absolute atomic E-state index is 12.0. The van der Waals surface area contributed by atoms with E-state index in [2.05, 4.69) is 5.32 Å². The first-order valence-electron chi connectivity index (χ1n) is 7.03. The summed E-state index contributed by atoms with van der Waals surface area (Å²) in [5.41, 5.74) is 1.47. The molecule has 0 radical (unpaired) electrons. The molecule has 1 saturated heterocycles. The lowest BCUT2D eigenvalue weighted by Gasteiger charge is -2.35. The third-order valence-electron chi connectivity index (χ3n) is 3.84. The average Bonchev–Trinajstić information content (AvgIpc) is 2.79. The predicted molar refractivity (Wildman–Crippen MR) is 80.6 cm³/mol. The summed E-state index contributed by atoms with van der Waals surface area (Å²) in [6.45, 7) is 2.57. The number of hydrogen-bond donors (Lipinski definition) is 1. The monoisotopic (exact) mass is 310 g/mol. The lowest BCUT2D eigenvalue weighted by atomic mass is 10.1. The van der Waals surface area contributed by atoms with Gasteiger partial charge in [0.25, 0.3) is 0 Å². The van der Waals surface area contributed by atoms with E-state index in [9.17, 15) is 13.2 Å². The molecule has 21 heavy (non-hydrogen) atoms. The fourth-order valence-electron chi connectivity index (χ4n) is 2.93. The Balaban J connectivity index is 1.98. The molecule has 1 aromatic carbocycles. The molecule has 0 aromatic heterocycles. The van der Waals surface area contributed by atoms with Crippen LogP contribution in [0.15, 0.2) is 18.2 Å². The van der Waals surface area contributed by atoms with Crippen LogP contribution in [-0.2, 0) is 14.6 Å². The van der Waals surface area contributed by atoms with Gasteiger partial charge in [-0.2, -0.15) is 0 Å². The van der Waals surface area contributed by atoms with Crippen molar-refractivity contribution in [3.63, 3.8) is 0 Å². The third-order valence-corrected chi connectivity index (χ3v) is 5.59. The molecule has 1 unspecified atom stereocenters. The van der Waals surface area contributed by atoms with Crippen molar-refractivity contribution in [2.24, 2.45) is 0 Å². The Bertz CT molecular complexity index is 672. The van der Waals surface area contributed by atoms with Gasteiger partial charge < -0.3 is 15.0 Å². The van der Waals surface area contributed by atoms with Gasteiger partial charge in [0.1, 0.15) is 11.4 Å². The first kappa shape index (κ1) is 14.2. The molecule has 0 spiro atoms. The van der Waals surface area contributed by atoms with E-state index < -0.39 is 9.84 Å². The quantitative estimate of drug-likeness (QED) is 0.902. The molecule has 2 aliphatic rings. The summed E-state index contributed by atoms with van der Waals surface area (Å²) in [5, 5.41) is 2.83. The van der Waals surface area contributed by atoms with Gasteiger partial charge in [0.2, 0.25) is 5.91 Å². The summed E-state index contributed by atoms with van der Waals surface area (Å²) in [6, 6.07) is 5.41. The number of sulfone groups is 1. The van der Waals surface area contributed by atoms with Crippen LogP contribution in [0.25, 0.3) is 0 Å². The molecular formula is C14H18N2O4S. The van der Waals surface area contributed by atoms with Gasteiger partial charge in [0.05, 0.1) is 30.3 Å². The van der Waals surface area contributed by atoms with E-state index in [1.807, 2.05) is 24.0 Å². The first-order chi connectivity index (χ1) is 10.00. The minimum absolute atomic E-state index is 0.110. The zero-order valence-corrected chi connectivity index (χ0v) is 12.6. The second-order valence-electron chi connectivity index (χ2n) is 5.32. The normalized spacial score (nSPS) is 23.6. The number of carbonyl (C=O) groups is 1. The Kier molecular flexibility index (Phi) is 3.52. The molecule has 1 fully saturated rings. The van der Waals surface area contributed by atoms with Gasteiger partial charge in [-0.25, -0.2) is 8.42 Å². The maximum atomic E-state index is 12.0. The molecule has 114 valence electrons. The number of amides is 1. The zero-order valence-electron chi connectivity index (χ0n) is 11.8. The Morgan fingerprint density at radius 2 is 2.24 bits per heavy atom. The molecule has 7 heteroatoms. The number of hydrogen-bond acceptors (Lipinski definition) is 5. The van der Waals surface area contributed by atoms with Gasteiger partial charge in [0.15, 0.2) is 9.84 Å². The molecule has 3 rings (SSSR count). The number of benzene rings is 1. The summed E-state index contributed by atoms with van der Waals surface area (Å²) in [6.07, 6.45) is 0.563. The van der Waals surface area contributed by atoms with Crippen LogP contribution in [0.1, 0.15) is 13.3 Å². The Morgan fingerprint density at radius 3 is 2.90 bits per heavy atom. The Morgan fingerprint density at radius 1 is 1.43 bits per heavy atom. The van der Waals surface area contributed by atoms with Crippen molar-refractivity contribution in [2.45, 2.75) is 19.4 Å². The first-order valence-corrected chi connectivity index (χ1v) is 8.85. The van der Waals surface area contributed by atoms with Crippen LogP contribution in [0, 0.1) is 0 Å². The molecule has 1 aromatic rings. The zero-order chi connectivity index (χ0) is 15.0. The molecule has 1 amide bonds. The second-order valence-corrected chi connectivity index (χ2v) is 7.54. The fraction of sp³-hybridized carbons (Fsp3) is 0.500. The van der Waals surface area contributed by atoms with E-state index in [0.717, 1.165) is 5.69 Å². The molecule has 0 aliphatic carbocycles. The molecule has 2 heterocycles. The highest BCUT2D eigenvalue weighted by atomic mass is 32.2. The van der Waals surface area contributed by atoms with Gasteiger partial charge in [-0.3, -0.25) is 4.79 Å². The second kappa shape index (κ2) is 5.22. The molecule has 0 saturated carbocycles. The maximum Gasteiger partial charge on any atom is 0.244 e. The van der Waals surface area contributed by atoms with Gasteiger partial charge in [-0.15, -0.1) is 0 Å². The summed E-state index contributed by atoms with van der Waals surface area (Å²) in [5.74, 6) is 0.780. The molecule has 1 N–H and O–H groups in total. The van der Waals surface area contributed by atoms with E-state index in [4.69, 9.17) is 4.74 Å². The number of anilines is 2. The predicted octanol–water partition coefficient (Wildman–Crippen LogP) is 1.03. The summed E-state index contributed by atoms with van der Waals surface area (Å²) < 4.78 is 28.9. The van der Waals surface area contributed by atoms with Crippen LogP contribution in [-0.4, -0.2) is 45.0 Å². The van der Waals surface area contributed by atoms with Crippen molar-refractivity contribution in [1.82, 2.24) is 0 Å². The van der Waals surface area contributed by atoms with E-state index in [1.54, 1.807) is 6.07 Å². The van der Waals surface area contributed by atoms with Gasteiger partial charge >= 0.3 is 0 Å². The van der Waals surface area contributed by atoms with E-state index in [1.165, 1.54) is 0 Å². The van der Waals surface area contributed by atoms with Gasteiger partial charge in [-0.1, -0.05) is 6.07 Å². The topological polar surface area (TPSA) is 75.7 Å². The van der Waals surface area contributed by atoms with Crippen molar-refractivity contribution in [1.29, 1.82) is 0 Å². The molecule has 1 atom stereocenters. The molecule has 6 nitrogen and oxygen atoms in total. The van der Waals surface area contributed by atoms with E-state index in [0.29, 0.717) is 24.5 Å². The lowest BCUT2D eigenvalue weighted by Crippen LogP contribution is -2.45. The van der Waals surface area contributed by atoms with E-state index >= 15 is 0 Å². The van der Waals surface area contributed by atoms with Crippen molar-refractivity contribution in [3.05, 3.63) is 18.2 Å². The van der Waals surface area contributed by atoms with Crippen molar-refractivity contribution >= 4 is 27.1 Å². The van der Waals surface area contributed by atoms with Gasteiger partial charge in [0, 0.05) is 6.04 Å². The van der Waals surface area contributed by atoms with Crippen LogP contribution >= 0.6 is 0 Å². The van der Waals surface area contributed by atoms with Crippen molar-refractivity contribution in [3.8, 4) is 5.75 Å². The smallest absolute Gasteiger partial charge is 0.244 e. The molecule has 0 bridgehead atoms. The number of rotatable bonds is 3. The number of carbonyl (C=O) groups excluding carboxylic acids is 1. The standard InChI is InChI=1S/C14H18N2O4S/c1-2-20-12-5-3-4-11-14(12)15-13(17)8-16(11)10-6-7-21(18,19)9-10/h3-5,10H,2,6-9H2,1H3,(H,15,17). The van der Waals surface area contributed by atoms with Crippen LogP contribution in [0.5, 0.6) is 5.75 Å². The van der Waals surface area contributed by atoms with Crippen LogP contribution in [0.4, 0.5) is 11.4 Å². The Hall–Kier alpha value is -1.76. The Labute approximate surface area is 124 Å². The summed E-state index contributed by atoms with van der Waals surface area (Å²) in [7, 11) is -2.99. The summed E-state index contributed by atoms with van der Waals surface area (Å²) >= 11 is 0. The number of nitrogens with zero attached hydrogens (tertiary/aromatic N) is 1.